The van der Waals surface area contributed by atoms with Gasteiger partial charge in [0, 0.05) is 80.6 Å². The van der Waals surface area contributed by atoms with E-state index in [4.69, 9.17) is 41.5 Å². The lowest BCUT2D eigenvalue weighted by Gasteiger charge is -2.67. The zero-order chi connectivity index (χ0) is 65.8. The van der Waals surface area contributed by atoms with Crippen molar-refractivity contribution >= 4 is 89.7 Å². The van der Waals surface area contributed by atoms with Crippen molar-refractivity contribution in [2.24, 2.45) is 16.2 Å². The highest BCUT2D eigenvalue weighted by Crippen LogP contribution is 2.70. The van der Waals surface area contributed by atoms with Gasteiger partial charge in [0.05, 0.1) is 73.2 Å². The van der Waals surface area contributed by atoms with Crippen molar-refractivity contribution in [3.05, 3.63) is 81.5 Å². The third-order valence-corrected chi connectivity index (χ3v) is 23.7. The molecule has 3 saturated carbocycles. The predicted molar refractivity (Wildman–Crippen MR) is 352 cm³/mol. The number of nitrogens with two attached hydrogens (primary N) is 1. The van der Waals surface area contributed by atoms with Crippen molar-refractivity contribution in [2.45, 2.75) is 172 Å². The summed E-state index contributed by atoms with van der Waals surface area (Å²) >= 11 is 9.60. The topological polar surface area (TPSA) is 242 Å². The number of nitrogens with zero attached hydrogens (tertiary/aromatic N) is 8. The molecular weight excluding hydrogens is 1270 g/mol. The van der Waals surface area contributed by atoms with Gasteiger partial charge < -0.3 is 50.4 Å². The summed E-state index contributed by atoms with van der Waals surface area (Å²) in [5, 5.41) is 27.5. The number of halogens is 4. The number of ether oxygens (including phenoxy) is 3. The molecule has 19 nitrogen and oxygen atoms in total. The molecule has 9 heterocycles. The van der Waals surface area contributed by atoms with Gasteiger partial charge in [0.25, 0.3) is 0 Å². The predicted octanol–water partition coefficient (Wildman–Crippen LogP) is 10.2. The number of nitriles is 1. The molecule has 15 rings (SSSR count). The number of β-amino-alcohol motifs (C(OH)–C–C–N with tert-alkyl or cyclic N) is 1. The molecule has 25 heteroatoms. The first-order chi connectivity index (χ1) is 44.9. The Labute approximate surface area is 556 Å². The molecule has 9 aliphatic rings. The van der Waals surface area contributed by atoms with Crippen LogP contribution < -0.4 is 26.0 Å². The smallest absolute Gasteiger partial charge is 0.319 e. The van der Waals surface area contributed by atoms with Gasteiger partial charge in [0.1, 0.15) is 52.6 Å². The molecule has 3 aliphatic carbocycles. The molecule has 0 radical (unpaired) electrons. The number of likely N-dealkylation sites (tertiary alicyclic amines) is 2. The second kappa shape index (κ2) is 24.7. The fourth-order valence-electron chi connectivity index (χ4n) is 16.7. The molecule has 4 amide bonds. The van der Waals surface area contributed by atoms with Gasteiger partial charge in [-0.1, -0.05) is 69.1 Å². The molecule has 1 spiro atoms. The monoisotopic (exact) mass is 1350 g/mol. The third kappa shape index (κ3) is 11.9. The number of anilines is 2. The van der Waals surface area contributed by atoms with Gasteiger partial charge in [0.15, 0.2) is 5.82 Å². The second-order valence-corrected chi connectivity index (χ2v) is 31.5. The van der Waals surface area contributed by atoms with E-state index in [1.165, 1.54) is 17.0 Å². The molecule has 6 aromatic rings. The number of aryl methyl sites for hydroxylation is 1. The first kappa shape index (κ1) is 64.6. The molecule has 94 heavy (non-hydrogen) atoms. The number of benzene rings is 3. The zero-order valence-electron chi connectivity index (χ0n) is 53.3. The molecule has 2 unspecified atom stereocenters. The standard InChI is InChI=1S/C69H79ClF3N11O8S2/c1-38-56(93-37-77-38)40-10-8-39(9-11-40)27-76-61(87)50-22-41(85)28-84(50)62(88)58(65(2,3)4)78-51(86)23-43-13-12-42(92-43)16-21-90-44-25-69(18-7-20-83(69)29-44)36-91-64-79-55-46(24-48(70)53(54(55)72)45-14-15-49(71)57-52(45)47(26-74)59(75)94-57)60(80-64)81-19-6-5-17-66(33-81)34-82(35-66)63(89)67-30-68(73,31-67)32-67/h8-11,14-15,24,37,41-44,50,58,85H,5-7,12-13,16-23,25,27-36,75H2,1-4H3,(H,76,87)(H,78,86)/t41-,42?,43?,44-,50+,58-,67?,68?,69+/m1/s1. The van der Waals surface area contributed by atoms with Gasteiger partial charge in [-0.15, -0.1) is 22.7 Å². The van der Waals surface area contributed by atoms with Crippen LogP contribution in [0.5, 0.6) is 6.01 Å². The number of aliphatic hydroxyl groups excluding tert-OH is 1. The number of alkyl halides is 1. The molecule has 5 N–H and O–H groups in total. The molecule has 6 aliphatic heterocycles. The maximum Gasteiger partial charge on any atom is 0.319 e. The highest BCUT2D eigenvalue weighted by molar-refractivity contribution is 7.23. The Bertz CT molecular complexity index is 4020. The van der Waals surface area contributed by atoms with E-state index in [-0.39, 0.29) is 122 Å². The van der Waals surface area contributed by atoms with Crippen molar-refractivity contribution in [3.63, 3.8) is 0 Å². The van der Waals surface area contributed by atoms with E-state index in [2.05, 4.69) is 31.5 Å². The molecule has 498 valence electrons. The average Bonchev–Trinajstić information content (AvgIpc) is 0.911. The first-order valence-corrected chi connectivity index (χ1v) is 35.0. The minimum Gasteiger partial charge on any atom is -0.461 e. The minimum atomic E-state index is -1.19. The van der Waals surface area contributed by atoms with Gasteiger partial charge in [-0.3, -0.25) is 24.1 Å². The fraction of sp³-hybridized carbons (Fsp3) is 0.565. The van der Waals surface area contributed by atoms with Crippen LogP contribution in [-0.4, -0.2) is 165 Å². The van der Waals surface area contributed by atoms with Crippen LogP contribution in [0.3, 0.4) is 0 Å². The van der Waals surface area contributed by atoms with Gasteiger partial charge >= 0.3 is 6.01 Å². The second-order valence-electron chi connectivity index (χ2n) is 29.2. The van der Waals surface area contributed by atoms with Crippen LogP contribution in [0, 0.1) is 46.1 Å². The highest BCUT2D eigenvalue weighted by Gasteiger charge is 2.74. The van der Waals surface area contributed by atoms with Crippen LogP contribution >= 0.6 is 34.3 Å². The van der Waals surface area contributed by atoms with E-state index >= 15 is 8.78 Å². The molecule has 2 bridgehead atoms. The van der Waals surface area contributed by atoms with Crippen molar-refractivity contribution in [1.82, 2.24) is 40.3 Å². The van der Waals surface area contributed by atoms with E-state index in [9.17, 15) is 33.9 Å². The number of amides is 4. The number of aliphatic hydroxyl groups is 1. The summed E-state index contributed by atoms with van der Waals surface area (Å²) in [5.41, 5.74) is 7.82. The van der Waals surface area contributed by atoms with Crippen LogP contribution in [0.25, 0.3) is 42.6 Å². The number of thiophene rings is 1. The number of aromatic nitrogens is 3. The summed E-state index contributed by atoms with van der Waals surface area (Å²) in [6, 6.07) is 12.3. The maximum absolute atomic E-state index is 17.8. The van der Waals surface area contributed by atoms with E-state index in [0.29, 0.717) is 89.1 Å². The van der Waals surface area contributed by atoms with Crippen LogP contribution in [0.2, 0.25) is 5.02 Å². The van der Waals surface area contributed by atoms with E-state index in [1.54, 1.807) is 17.4 Å². The van der Waals surface area contributed by atoms with Crippen molar-refractivity contribution in [2.75, 3.05) is 69.7 Å². The van der Waals surface area contributed by atoms with Crippen LogP contribution in [0.4, 0.5) is 24.0 Å². The summed E-state index contributed by atoms with van der Waals surface area (Å²) in [7, 11) is 0. The van der Waals surface area contributed by atoms with Gasteiger partial charge in [-0.2, -0.15) is 15.2 Å². The summed E-state index contributed by atoms with van der Waals surface area (Å²) in [6.07, 6.45) is 6.48. The van der Waals surface area contributed by atoms with Crippen molar-refractivity contribution in [3.8, 4) is 33.6 Å². The lowest BCUT2D eigenvalue weighted by atomic mass is 9.41. The van der Waals surface area contributed by atoms with E-state index in [0.717, 1.165) is 78.1 Å². The minimum absolute atomic E-state index is 0.00968. The molecule has 7 atom stereocenters. The molecule has 3 aromatic carbocycles. The largest absolute Gasteiger partial charge is 0.461 e. The number of hydrogen-bond acceptors (Lipinski definition) is 17. The average molecular weight is 1350 g/mol. The molecular formula is C69H79ClF3N11O8S2. The Balaban J connectivity index is 0.613. The van der Waals surface area contributed by atoms with E-state index in [1.807, 2.05) is 62.4 Å². The number of fused-ring (bicyclic) bond motifs is 3. The van der Waals surface area contributed by atoms with Gasteiger partial charge in [-0.05, 0) is 118 Å². The Hall–Kier alpha value is -6.72. The lowest BCUT2D eigenvalue weighted by Crippen LogP contribution is -2.74. The number of carbonyl (C=O) groups excluding carboxylic acids is 4. The maximum atomic E-state index is 17.8. The summed E-state index contributed by atoms with van der Waals surface area (Å²) in [6.45, 7) is 12.0. The Morgan fingerprint density at radius 2 is 1.78 bits per heavy atom. The lowest BCUT2D eigenvalue weighted by molar-refractivity contribution is -0.228. The number of rotatable bonds is 18. The number of nitrogens with one attached hydrogen (secondary N) is 2. The summed E-state index contributed by atoms with van der Waals surface area (Å²) < 4.78 is 67.6. The SMILES string of the molecule is Cc1ncsc1-c1ccc(CNC(=O)[C@@H]2C[C@@H](O)CN2C(=O)[C@@H](NC(=O)CC2CCC(CCO[C@H]3CN4CCC[C@@]4(COc4nc(N5CCCCC6(CN(C(=O)C78CC(F)(C7)C8)C6)C5)c5cc(Cl)c(-c6ccc(F)c7sc(N)c(C#N)c67)c(F)c5n4)C3)O2)C(C)(C)C)cc1. The molecule has 6 saturated heterocycles. The van der Waals surface area contributed by atoms with E-state index < -0.39 is 57.8 Å². The van der Waals surface area contributed by atoms with Crippen LogP contribution in [-0.2, 0) is 35.2 Å². The molecule has 9 fully saturated rings. The van der Waals surface area contributed by atoms with Crippen molar-refractivity contribution < 1.29 is 51.7 Å². The Kier molecular flexibility index (Phi) is 17.0. The fourth-order valence-corrected chi connectivity index (χ4v) is 18.7. The zero-order valence-corrected chi connectivity index (χ0v) is 55.7. The van der Waals surface area contributed by atoms with Gasteiger partial charge in [-0.25, -0.2) is 18.2 Å². The third-order valence-electron chi connectivity index (χ3n) is 21.4. The van der Waals surface area contributed by atoms with Gasteiger partial charge in [0.2, 0.25) is 23.6 Å². The Morgan fingerprint density at radius 1 is 1.00 bits per heavy atom. The van der Waals surface area contributed by atoms with Crippen LogP contribution in [0.1, 0.15) is 127 Å². The Morgan fingerprint density at radius 3 is 2.51 bits per heavy atom. The number of carbonyl (C=O) groups is 4. The number of thiazole rings is 1. The summed E-state index contributed by atoms with van der Waals surface area (Å²) in [4.78, 5) is 78.7. The van der Waals surface area contributed by atoms with Crippen molar-refractivity contribution in [1.29, 1.82) is 5.26 Å². The highest BCUT2D eigenvalue weighted by atomic mass is 35.5. The quantitative estimate of drug-likeness (QED) is 0.0626. The summed E-state index contributed by atoms with van der Waals surface area (Å²) in [5.74, 6) is -2.08. The number of nitrogen functional groups attached to an aromatic ring is 1. The van der Waals surface area contributed by atoms with Crippen LogP contribution in [0.15, 0.2) is 48.0 Å². The number of hydrogen-bond donors (Lipinski definition) is 4. The normalized spacial score (nSPS) is 27.4. The first-order valence-electron chi connectivity index (χ1n) is 33.0. The molecule has 3 aromatic heterocycles.